The third-order valence-corrected chi connectivity index (χ3v) is 2.69. The Morgan fingerprint density at radius 3 is 2.68 bits per heavy atom. The topological polar surface area (TPSA) is 82.3 Å². The van der Waals surface area contributed by atoms with Crippen LogP contribution in [0.4, 0.5) is 17.2 Å². The lowest BCUT2D eigenvalue weighted by Crippen LogP contribution is -2.04. The number of ether oxygens (including phenoxy) is 2. The van der Waals surface area contributed by atoms with E-state index in [4.69, 9.17) is 26.8 Å². The van der Waals surface area contributed by atoms with Crippen LogP contribution in [-0.4, -0.2) is 24.2 Å². The molecule has 0 aliphatic rings. The Morgan fingerprint density at radius 1 is 1.21 bits per heavy atom. The van der Waals surface area contributed by atoms with E-state index in [1.807, 2.05) is 0 Å². The zero-order chi connectivity index (χ0) is 13.8. The van der Waals surface area contributed by atoms with Gasteiger partial charge >= 0.3 is 0 Å². The van der Waals surface area contributed by atoms with Gasteiger partial charge in [-0.3, -0.25) is 0 Å². The van der Waals surface area contributed by atoms with Gasteiger partial charge in [0, 0.05) is 5.02 Å². The number of nitrogens with two attached hydrogens (primary N) is 1. The minimum Gasteiger partial charge on any atom is -0.495 e. The number of nitrogens with one attached hydrogen (secondary N) is 1. The summed E-state index contributed by atoms with van der Waals surface area (Å²) in [6.07, 6.45) is 1.36. The molecule has 1 aromatic heterocycles. The number of nitrogen functional groups attached to an aromatic ring is 1. The summed E-state index contributed by atoms with van der Waals surface area (Å²) in [5.74, 6) is 1.35. The maximum atomic E-state index is 5.95. The van der Waals surface area contributed by atoms with Crippen molar-refractivity contribution in [2.24, 2.45) is 0 Å². The molecule has 2 rings (SSSR count). The summed E-state index contributed by atoms with van der Waals surface area (Å²) < 4.78 is 10.3. The number of anilines is 3. The van der Waals surface area contributed by atoms with E-state index >= 15 is 0 Å². The van der Waals surface area contributed by atoms with E-state index in [9.17, 15) is 0 Å². The Bertz CT molecular complexity index is 592. The van der Waals surface area contributed by atoms with Crippen molar-refractivity contribution in [3.05, 3.63) is 29.5 Å². The summed E-state index contributed by atoms with van der Waals surface area (Å²) in [7, 11) is 3.06. The normalized spacial score (nSPS) is 10.1. The van der Waals surface area contributed by atoms with Gasteiger partial charge in [-0.05, 0) is 18.2 Å². The van der Waals surface area contributed by atoms with Crippen LogP contribution in [0.25, 0.3) is 0 Å². The second kappa shape index (κ2) is 5.62. The summed E-state index contributed by atoms with van der Waals surface area (Å²) in [6, 6.07) is 5.20. The third-order valence-electron chi connectivity index (χ3n) is 2.46. The molecule has 3 N–H and O–H groups in total. The highest BCUT2D eigenvalue weighted by molar-refractivity contribution is 6.31. The van der Waals surface area contributed by atoms with Crippen molar-refractivity contribution in [2.45, 2.75) is 0 Å². The third kappa shape index (κ3) is 2.79. The van der Waals surface area contributed by atoms with Crippen LogP contribution < -0.4 is 20.5 Å². The van der Waals surface area contributed by atoms with Gasteiger partial charge in [0.15, 0.2) is 5.82 Å². The molecule has 100 valence electrons. The number of methoxy groups -OCH3 is 2. The molecule has 1 heterocycles. The van der Waals surface area contributed by atoms with E-state index in [-0.39, 0.29) is 0 Å². The predicted octanol–water partition coefficient (Wildman–Crippen LogP) is 2.47. The van der Waals surface area contributed by atoms with Crippen molar-refractivity contribution in [2.75, 3.05) is 25.3 Å². The molecule has 0 amide bonds. The molecule has 0 saturated heterocycles. The van der Waals surface area contributed by atoms with Crippen LogP contribution in [0, 0.1) is 0 Å². The molecule has 0 fully saturated rings. The van der Waals surface area contributed by atoms with Crippen molar-refractivity contribution in [1.82, 2.24) is 9.97 Å². The van der Waals surface area contributed by atoms with Gasteiger partial charge in [0.25, 0.3) is 0 Å². The molecule has 1 aromatic carbocycles. The maximum absolute atomic E-state index is 5.95. The standard InChI is InChI=1S/C12H13ClN4O2/c1-18-9-4-3-7(13)5-8(9)17-11-10(14)12(19-2)16-6-15-11/h3-6H,14H2,1-2H3,(H,15,16,17). The van der Waals surface area contributed by atoms with Crippen LogP contribution in [0.1, 0.15) is 0 Å². The molecule has 0 aliphatic heterocycles. The Morgan fingerprint density at radius 2 is 2.00 bits per heavy atom. The highest BCUT2D eigenvalue weighted by atomic mass is 35.5. The molecule has 6 nitrogen and oxygen atoms in total. The molecule has 0 unspecified atom stereocenters. The molecule has 0 radical (unpaired) electrons. The molecule has 0 aliphatic carbocycles. The van der Waals surface area contributed by atoms with Crippen molar-refractivity contribution in [1.29, 1.82) is 0 Å². The van der Waals surface area contributed by atoms with E-state index in [0.717, 1.165) is 0 Å². The molecule has 19 heavy (non-hydrogen) atoms. The number of halogens is 1. The summed E-state index contributed by atoms with van der Waals surface area (Å²) >= 11 is 5.95. The van der Waals surface area contributed by atoms with Gasteiger partial charge in [0.1, 0.15) is 17.8 Å². The van der Waals surface area contributed by atoms with Crippen molar-refractivity contribution >= 4 is 28.8 Å². The largest absolute Gasteiger partial charge is 0.495 e. The lowest BCUT2D eigenvalue weighted by molar-refractivity contribution is 0.399. The quantitative estimate of drug-likeness (QED) is 0.895. The number of nitrogens with zero attached hydrogens (tertiary/aromatic N) is 2. The number of hydrogen-bond acceptors (Lipinski definition) is 6. The summed E-state index contributed by atoms with van der Waals surface area (Å²) in [4.78, 5) is 7.96. The lowest BCUT2D eigenvalue weighted by Gasteiger charge is -2.13. The fourth-order valence-corrected chi connectivity index (χ4v) is 1.72. The van der Waals surface area contributed by atoms with Crippen LogP contribution in [0.3, 0.4) is 0 Å². The SMILES string of the molecule is COc1ccc(Cl)cc1Nc1ncnc(OC)c1N. The van der Waals surface area contributed by atoms with E-state index in [0.29, 0.717) is 33.8 Å². The maximum Gasteiger partial charge on any atom is 0.242 e. The van der Waals surface area contributed by atoms with Gasteiger partial charge in [0.05, 0.1) is 19.9 Å². The predicted molar refractivity (Wildman–Crippen MR) is 74.3 cm³/mol. The number of benzene rings is 1. The molecular formula is C12H13ClN4O2. The average molecular weight is 281 g/mol. The summed E-state index contributed by atoms with van der Waals surface area (Å²) in [5.41, 5.74) is 6.85. The number of hydrogen-bond donors (Lipinski definition) is 2. The van der Waals surface area contributed by atoms with Gasteiger partial charge in [-0.1, -0.05) is 11.6 Å². The van der Waals surface area contributed by atoms with Gasteiger partial charge < -0.3 is 20.5 Å². The van der Waals surface area contributed by atoms with Crippen molar-refractivity contribution in [3.8, 4) is 11.6 Å². The minimum absolute atomic E-state index is 0.304. The van der Waals surface area contributed by atoms with Crippen LogP contribution in [0.5, 0.6) is 11.6 Å². The Hall–Kier alpha value is -2.21. The van der Waals surface area contributed by atoms with Crippen LogP contribution >= 0.6 is 11.6 Å². The number of rotatable bonds is 4. The Balaban J connectivity index is 2.38. The van der Waals surface area contributed by atoms with E-state index < -0.39 is 0 Å². The van der Waals surface area contributed by atoms with Crippen LogP contribution in [0.15, 0.2) is 24.5 Å². The molecule has 0 saturated carbocycles. The summed E-state index contributed by atoms with van der Waals surface area (Å²) in [5, 5.41) is 3.61. The monoisotopic (exact) mass is 280 g/mol. The van der Waals surface area contributed by atoms with Gasteiger partial charge in [0.2, 0.25) is 5.88 Å². The molecule has 0 spiro atoms. The zero-order valence-electron chi connectivity index (χ0n) is 10.5. The average Bonchev–Trinajstić information content (AvgIpc) is 2.41. The van der Waals surface area contributed by atoms with Crippen molar-refractivity contribution < 1.29 is 9.47 Å². The fraction of sp³-hybridized carbons (Fsp3) is 0.167. The minimum atomic E-state index is 0.304. The zero-order valence-corrected chi connectivity index (χ0v) is 11.2. The first-order valence-corrected chi connectivity index (χ1v) is 5.78. The van der Waals surface area contributed by atoms with Crippen LogP contribution in [-0.2, 0) is 0 Å². The van der Waals surface area contributed by atoms with E-state index in [1.165, 1.54) is 13.4 Å². The molecular weight excluding hydrogens is 268 g/mol. The van der Waals surface area contributed by atoms with Crippen LogP contribution in [0.2, 0.25) is 5.02 Å². The highest BCUT2D eigenvalue weighted by Gasteiger charge is 2.11. The second-order valence-corrected chi connectivity index (χ2v) is 4.05. The first-order chi connectivity index (χ1) is 9.15. The van der Waals surface area contributed by atoms with Gasteiger partial charge in [-0.25, -0.2) is 4.98 Å². The first kappa shape index (κ1) is 13.2. The lowest BCUT2D eigenvalue weighted by atomic mass is 10.3. The van der Waals surface area contributed by atoms with Crippen molar-refractivity contribution in [3.63, 3.8) is 0 Å². The summed E-state index contributed by atoms with van der Waals surface area (Å²) in [6.45, 7) is 0. The molecule has 0 bridgehead atoms. The Kier molecular flexibility index (Phi) is 3.91. The highest BCUT2D eigenvalue weighted by Crippen LogP contribution is 2.33. The van der Waals surface area contributed by atoms with Gasteiger partial charge in [-0.2, -0.15) is 4.98 Å². The first-order valence-electron chi connectivity index (χ1n) is 5.40. The smallest absolute Gasteiger partial charge is 0.242 e. The van der Waals surface area contributed by atoms with Gasteiger partial charge in [-0.15, -0.1) is 0 Å². The molecule has 2 aromatic rings. The Labute approximate surface area is 115 Å². The molecule has 7 heteroatoms. The fourth-order valence-electron chi connectivity index (χ4n) is 1.55. The molecule has 0 atom stereocenters. The van der Waals surface area contributed by atoms with E-state index in [1.54, 1.807) is 25.3 Å². The van der Waals surface area contributed by atoms with E-state index in [2.05, 4.69) is 15.3 Å². The second-order valence-electron chi connectivity index (χ2n) is 3.61. The number of aromatic nitrogens is 2.